The Labute approximate surface area is 88.1 Å². The maximum Gasteiger partial charge on any atom is 0.132 e. The van der Waals surface area contributed by atoms with E-state index in [9.17, 15) is 5.11 Å². The molecule has 0 aliphatic heterocycles. The molecule has 1 aromatic rings. The lowest BCUT2D eigenvalue weighted by atomic mass is 10.1. The summed E-state index contributed by atoms with van der Waals surface area (Å²) in [6.07, 6.45) is 0. The molecule has 0 fully saturated rings. The van der Waals surface area contributed by atoms with Crippen LogP contribution in [-0.2, 0) is 0 Å². The van der Waals surface area contributed by atoms with Crippen molar-refractivity contribution in [2.24, 2.45) is 0 Å². The van der Waals surface area contributed by atoms with Crippen LogP contribution in [0.2, 0.25) is 0 Å². The van der Waals surface area contributed by atoms with E-state index in [0.29, 0.717) is 5.75 Å². The molecular weight excluding hydrogens is 319 g/mol. The lowest BCUT2D eigenvalue weighted by Crippen LogP contribution is -1.86. The maximum atomic E-state index is 9.48. The van der Waals surface area contributed by atoms with Gasteiger partial charge in [0.1, 0.15) is 5.75 Å². The third kappa shape index (κ3) is 1.69. The van der Waals surface area contributed by atoms with Crippen molar-refractivity contribution in [2.45, 2.75) is 13.8 Å². The van der Waals surface area contributed by atoms with Crippen molar-refractivity contribution in [3.05, 3.63) is 25.2 Å². The average Bonchev–Trinajstić information content (AvgIpc) is 1.97. The number of phenols is 1. The van der Waals surface area contributed by atoms with Gasteiger partial charge >= 0.3 is 0 Å². The van der Waals surface area contributed by atoms with Crippen LogP contribution in [0, 0.1) is 17.4 Å². The standard InChI is InChI=1S/C8H8BrIO/c1-4-5(2)8(11)7(10)3-6(4)9/h3,11H,1-2H3. The molecule has 0 aliphatic carbocycles. The maximum absolute atomic E-state index is 9.48. The first-order chi connectivity index (χ1) is 5.04. The van der Waals surface area contributed by atoms with Crippen molar-refractivity contribution in [2.75, 3.05) is 0 Å². The molecule has 60 valence electrons. The first kappa shape index (κ1) is 9.32. The van der Waals surface area contributed by atoms with E-state index in [-0.39, 0.29) is 0 Å². The molecule has 0 saturated carbocycles. The smallest absolute Gasteiger partial charge is 0.132 e. The van der Waals surface area contributed by atoms with Crippen molar-refractivity contribution >= 4 is 38.5 Å². The van der Waals surface area contributed by atoms with Gasteiger partial charge in [-0.25, -0.2) is 0 Å². The van der Waals surface area contributed by atoms with Gasteiger partial charge in [-0.2, -0.15) is 0 Å². The Morgan fingerprint density at radius 2 is 1.91 bits per heavy atom. The van der Waals surface area contributed by atoms with E-state index >= 15 is 0 Å². The number of halogens is 2. The van der Waals surface area contributed by atoms with E-state index in [1.54, 1.807) is 0 Å². The average molecular weight is 327 g/mol. The first-order valence-electron chi connectivity index (χ1n) is 3.18. The summed E-state index contributed by atoms with van der Waals surface area (Å²) in [5, 5.41) is 9.48. The summed E-state index contributed by atoms with van der Waals surface area (Å²) in [6, 6.07) is 1.91. The number of rotatable bonds is 0. The Balaban J connectivity index is 3.46. The molecule has 1 nitrogen and oxygen atoms in total. The molecule has 0 spiro atoms. The van der Waals surface area contributed by atoms with E-state index in [0.717, 1.165) is 19.2 Å². The Morgan fingerprint density at radius 3 is 2.45 bits per heavy atom. The number of benzene rings is 1. The van der Waals surface area contributed by atoms with Crippen LogP contribution in [0.25, 0.3) is 0 Å². The van der Waals surface area contributed by atoms with Crippen LogP contribution in [0.1, 0.15) is 11.1 Å². The summed E-state index contributed by atoms with van der Waals surface area (Å²) in [7, 11) is 0. The third-order valence-electron chi connectivity index (χ3n) is 1.76. The zero-order valence-corrected chi connectivity index (χ0v) is 10.0. The zero-order chi connectivity index (χ0) is 8.59. The second-order valence-electron chi connectivity index (χ2n) is 2.44. The lowest BCUT2D eigenvalue weighted by molar-refractivity contribution is 0.466. The van der Waals surface area contributed by atoms with Gasteiger partial charge in [0.25, 0.3) is 0 Å². The second kappa shape index (κ2) is 3.31. The van der Waals surface area contributed by atoms with Gasteiger partial charge in [-0.15, -0.1) is 0 Å². The van der Waals surface area contributed by atoms with Crippen LogP contribution in [0.5, 0.6) is 5.75 Å². The molecule has 0 radical (unpaired) electrons. The van der Waals surface area contributed by atoms with Gasteiger partial charge in [0.2, 0.25) is 0 Å². The van der Waals surface area contributed by atoms with Gasteiger partial charge in [0, 0.05) is 4.47 Å². The normalized spacial score (nSPS) is 10.2. The van der Waals surface area contributed by atoms with E-state index in [4.69, 9.17) is 0 Å². The van der Waals surface area contributed by atoms with Gasteiger partial charge in [-0.1, -0.05) is 15.9 Å². The fourth-order valence-electron chi connectivity index (χ4n) is 0.824. The number of phenolic OH excluding ortho intramolecular Hbond substituents is 1. The summed E-state index contributed by atoms with van der Waals surface area (Å²) < 4.78 is 1.94. The van der Waals surface area contributed by atoms with Crippen LogP contribution in [0.4, 0.5) is 0 Å². The molecule has 0 atom stereocenters. The van der Waals surface area contributed by atoms with Gasteiger partial charge in [-0.05, 0) is 53.6 Å². The Morgan fingerprint density at radius 1 is 1.36 bits per heavy atom. The lowest BCUT2D eigenvalue weighted by Gasteiger charge is -2.06. The zero-order valence-electron chi connectivity index (χ0n) is 6.28. The summed E-state index contributed by atoms with van der Waals surface area (Å²) >= 11 is 5.53. The highest BCUT2D eigenvalue weighted by Gasteiger charge is 2.07. The second-order valence-corrected chi connectivity index (χ2v) is 4.46. The molecule has 1 N–H and O–H groups in total. The largest absolute Gasteiger partial charge is 0.507 e. The highest BCUT2D eigenvalue weighted by molar-refractivity contribution is 14.1. The monoisotopic (exact) mass is 326 g/mol. The molecule has 1 rings (SSSR count). The molecule has 0 heterocycles. The van der Waals surface area contributed by atoms with Crippen LogP contribution in [0.15, 0.2) is 10.5 Å². The van der Waals surface area contributed by atoms with Crippen LogP contribution >= 0.6 is 38.5 Å². The Kier molecular flexibility index (Phi) is 2.80. The van der Waals surface area contributed by atoms with Crippen LogP contribution in [0.3, 0.4) is 0 Å². The molecule has 0 saturated heterocycles. The van der Waals surface area contributed by atoms with Gasteiger partial charge in [0.15, 0.2) is 0 Å². The minimum Gasteiger partial charge on any atom is -0.507 e. The van der Waals surface area contributed by atoms with Crippen molar-refractivity contribution in [3.8, 4) is 5.75 Å². The quantitative estimate of drug-likeness (QED) is 0.725. The van der Waals surface area contributed by atoms with Crippen molar-refractivity contribution in [1.29, 1.82) is 0 Å². The number of hydrogen-bond acceptors (Lipinski definition) is 1. The predicted octanol–water partition coefficient (Wildman–Crippen LogP) is 3.38. The summed E-state index contributed by atoms with van der Waals surface area (Å²) in [4.78, 5) is 0. The predicted molar refractivity (Wildman–Crippen MR) is 58.0 cm³/mol. The molecule has 0 aliphatic rings. The van der Waals surface area contributed by atoms with Gasteiger partial charge in [0.05, 0.1) is 3.57 Å². The Bertz CT molecular complexity index is 270. The number of aromatic hydroxyl groups is 1. The third-order valence-corrected chi connectivity index (χ3v) is 3.40. The summed E-state index contributed by atoms with van der Waals surface area (Å²) in [5.74, 6) is 0.395. The first-order valence-corrected chi connectivity index (χ1v) is 5.05. The van der Waals surface area contributed by atoms with Gasteiger partial charge in [-0.3, -0.25) is 0 Å². The molecular formula is C8H8BrIO. The highest BCUT2D eigenvalue weighted by atomic mass is 127. The molecule has 0 amide bonds. The SMILES string of the molecule is Cc1c(Br)cc(I)c(O)c1C. The number of hydrogen-bond donors (Lipinski definition) is 1. The minimum atomic E-state index is 0.395. The van der Waals surface area contributed by atoms with Gasteiger partial charge < -0.3 is 5.11 Å². The van der Waals surface area contributed by atoms with Crippen molar-refractivity contribution < 1.29 is 5.11 Å². The molecule has 1 aromatic carbocycles. The molecule has 11 heavy (non-hydrogen) atoms. The molecule has 0 unspecified atom stereocenters. The van der Waals surface area contributed by atoms with Crippen molar-refractivity contribution in [3.63, 3.8) is 0 Å². The fourth-order valence-corrected chi connectivity index (χ4v) is 2.49. The molecule has 0 aromatic heterocycles. The fraction of sp³-hybridized carbons (Fsp3) is 0.250. The van der Waals surface area contributed by atoms with E-state index < -0.39 is 0 Å². The van der Waals surface area contributed by atoms with Crippen LogP contribution in [-0.4, -0.2) is 5.11 Å². The topological polar surface area (TPSA) is 20.2 Å². The highest BCUT2D eigenvalue weighted by Crippen LogP contribution is 2.31. The minimum absolute atomic E-state index is 0.395. The van der Waals surface area contributed by atoms with E-state index in [1.165, 1.54) is 0 Å². The van der Waals surface area contributed by atoms with E-state index in [2.05, 4.69) is 38.5 Å². The molecule has 3 heteroatoms. The van der Waals surface area contributed by atoms with Crippen LogP contribution < -0.4 is 0 Å². The Hall–Kier alpha value is 0.230. The summed E-state index contributed by atoms with van der Waals surface area (Å²) in [5.41, 5.74) is 2.05. The summed E-state index contributed by atoms with van der Waals surface area (Å²) in [6.45, 7) is 3.90. The van der Waals surface area contributed by atoms with Crippen molar-refractivity contribution in [1.82, 2.24) is 0 Å². The molecule has 0 bridgehead atoms. The van der Waals surface area contributed by atoms with E-state index in [1.807, 2.05) is 19.9 Å².